The Labute approximate surface area is 148 Å². The summed E-state index contributed by atoms with van der Waals surface area (Å²) in [6.07, 6.45) is 0.651. The van der Waals surface area contributed by atoms with Gasteiger partial charge in [0.05, 0.1) is 20.3 Å². The fourth-order valence-electron chi connectivity index (χ4n) is 3.44. The third-order valence-corrected chi connectivity index (χ3v) is 4.89. The second-order valence-corrected chi connectivity index (χ2v) is 6.43. The first-order valence-electron chi connectivity index (χ1n) is 8.35. The fourth-order valence-corrected chi connectivity index (χ4v) is 3.44. The van der Waals surface area contributed by atoms with Gasteiger partial charge in [0.2, 0.25) is 5.91 Å². The van der Waals surface area contributed by atoms with E-state index < -0.39 is 0 Å². The van der Waals surface area contributed by atoms with Gasteiger partial charge in [0.15, 0.2) is 11.5 Å². The fraction of sp³-hybridized carbons (Fsp3) is 0.350. The number of hydrogen-bond donors (Lipinski definition) is 1. The number of carbonyl (C=O) groups is 1. The van der Waals surface area contributed by atoms with Crippen molar-refractivity contribution in [1.82, 2.24) is 4.90 Å². The van der Waals surface area contributed by atoms with Crippen LogP contribution in [-0.4, -0.2) is 31.1 Å². The number of ether oxygens (including phenoxy) is 2. The lowest BCUT2D eigenvalue weighted by atomic mass is 9.92. The Hall–Kier alpha value is -2.53. The number of fused-ring (bicyclic) bond motifs is 1. The lowest BCUT2D eigenvalue weighted by Gasteiger charge is -2.35. The van der Waals surface area contributed by atoms with E-state index in [9.17, 15) is 4.79 Å². The minimum atomic E-state index is -0.303. The van der Waals surface area contributed by atoms with Crippen molar-refractivity contribution in [2.45, 2.75) is 32.5 Å². The second kappa shape index (κ2) is 7.15. The number of carbonyl (C=O) groups excluding carboxylic acids is 1. The van der Waals surface area contributed by atoms with E-state index in [1.807, 2.05) is 31.2 Å². The maximum absolute atomic E-state index is 12.0. The largest absolute Gasteiger partial charge is 0.493 e. The number of hydrogen-bond acceptors (Lipinski definition) is 4. The van der Waals surface area contributed by atoms with Crippen LogP contribution < -0.4 is 15.2 Å². The van der Waals surface area contributed by atoms with Crippen LogP contribution in [0.15, 0.2) is 36.4 Å². The van der Waals surface area contributed by atoms with Crippen LogP contribution in [0.25, 0.3) is 0 Å². The van der Waals surface area contributed by atoms with Gasteiger partial charge in [0, 0.05) is 13.1 Å². The number of aryl methyl sites for hydroxylation is 1. The number of nitrogens with two attached hydrogens (primary N) is 1. The molecule has 2 N–H and O–H groups in total. The second-order valence-electron chi connectivity index (χ2n) is 6.43. The molecule has 0 saturated carbocycles. The maximum Gasteiger partial charge on any atom is 0.235 e. The lowest BCUT2D eigenvalue weighted by molar-refractivity contribution is -0.124. The van der Waals surface area contributed by atoms with Crippen molar-refractivity contribution >= 4 is 5.91 Å². The molecular weight excluding hydrogens is 316 g/mol. The van der Waals surface area contributed by atoms with E-state index >= 15 is 0 Å². The molecule has 0 aromatic heterocycles. The van der Waals surface area contributed by atoms with Crippen molar-refractivity contribution in [3.05, 3.63) is 58.7 Å². The minimum Gasteiger partial charge on any atom is -0.493 e. The van der Waals surface area contributed by atoms with Gasteiger partial charge >= 0.3 is 0 Å². The zero-order valence-electron chi connectivity index (χ0n) is 14.9. The van der Waals surface area contributed by atoms with Crippen molar-refractivity contribution in [2.75, 3.05) is 14.2 Å². The average Bonchev–Trinajstić information content (AvgIpc) is 2.62. The van der Waals surface area contributed by atoms with Crippen LogP contribution >= 0.6 is 0 Å². The summed E-state index contributed by atoms with van der Waals surface area (Å²) in [6.45, 7) is 3.38. The standard InChI is InChI=1S/C20H24N2O3/c1-13-8-18(24-2)19(25-3)10-16(13)12-22-11-15-7-5-4-6-14(15)9-17(22)20(21)23/h4-8,10,17H,9,11-12H2,1-3H3,(H2,21,23)/t17-/m0/s1. The van der Waals surface area contributed by atoms with Crippen LogP contribution in [-0.2, 0) is 24.3 Å². The van der Waals surface area contributed by atoms with Crippen LogP contribution in [0.1, 0.15) is 22.3 Å². The molecular formula is C20H24N2O3. The van der Waals surface area contributed by atoms with Gasteiger partial charge in [-0.25, -0.2) is 0 Å². The van der Waals surface area contributed by atoms with Gasteiger partial charge < -0.3 is 15.2 Å². The van der Waals surface area contributed by atoms with E-state index in [1.165, 1.54) is 11.1 Å². The number of rotatable bonds is 5. The topological polar surface area (TPSA) is 64.8 Å². The van der Waals surface area contributed by atoms with Crippen molar-refractivity contribution in [2.24, 2.45) is 5.73 Å². The molecule has 0 saturated heterocycles. The summed E-state index contributed by atoms with van der Waals surface area (Å²) < 4.78 is 10.8. The Kier molecular flexibility index (Phi) is 4.95. The summed E-state index contributed by atoms with van der Waals surface area (Å²) in [5.41, 5.74) is 10.3. The third kappa shape index (κ3) is 3.46. The molecule has 1 heterocycles. The predicted molar refractivity (Wildman–Crippen MR) is 96.7 cm³/mol. The van der Waals surface area contributed by atoms with Gasteiger partial charge in [-0.1, -0.05) is 24.3 Å². The molecule has 0 fully saturated rings. The molecule has 5 nitrogen and oxygen atoms in total. The molecule has 1 atom stereocenters. The third-order valence-electron chi connectivity index (χ3n) is 4.89. The normalized spacial score (nSPS) is 17.0. The highest BCUT2D eigenvalue weighted by molar-refractivity contribution is 5.80. The van der Waals surface area contributed by atoms with Crippen molar-refractivity contribution in [3.63, 3.8) is 0 Å². The molecule has 5 heteroatoms. The van der Waals surface area contributed by atoms with Gasteiger partial charge in [-0.15, -0.1) is 0 Å². The summed E-state index contributed by atoms with van der Waals surface area (Å²) in [5.74, 6) is 1.11. The highest BCUT2D eigenvalue weighted by atomic mass is 16.5. The number of benzene rings is 2. The maximum atomic E-state index is 12.0. The smallest absolute Gasteiger partial charge is 0.235 e. The molecule has 2 aromatic carbocycles. The van der Waals surface area contributed by atoms with E-state index in [-0.39, 0.29) is 11.9 Å². The minimum absolute atomic E-state index is 0.285. The molecule has 0 aliphatic carbocycles. The average molecular weight is 340 g/mol. The molecule has 3 rings (SSSR count). The molecule has 2 aromatic rings. The Morgan fingerprint density at radius 3 is 2.44 bits per heavy atom. The zero-order chi connectivity index (χ0) is 18.0. The summed E-state index contributed by atoms with van der Waals surface area (Å²) in [4.78, 5) is 14.1. The van der Waals surface area contributed by atoms with Crippen molar-refractivity contribution in [3.8, 4) is 11.5 Å². The van der Waals surface area contributed by atoms with Gasteiger partial charge in [-0.3, -0.25) is 9.69 Å². The van der Waals surface area contributed by atoms with Crippen LogP contribution in [0.5, 0.6) is 11.5 Å². The number of primary amides is 1. The summed E-state index contributed by atoms with van der Waals surface area (Å²) in [5, 5.41) is 0. The SMILES string of the molecule is COc1cc(C)c(CN2Cc3ccccc3C[C@H]2C(N)=O)cc1OC. The number of amides is 1. The van der Waals surface area contributed by atoms with Gasteiger partial charge in [0.1, 0.15) is 0 Å². The molecule has 25 heavy (non-hydrogen) atoms. The van der Waals surface area contributed by atoms with Crippen molar-refractivity contribution in [1.29, 1.82) is 0 Å². The molecule has 0 spiro atoms. The number of nitrogens with zero attached hydrogens (tertiary/aromatic N) is 1. The van der Waals surface area contributed by atoms with Crippen molar-refractivity contribution < 1.29 is 14.3 Å². The van der Waals surface area contributed by atoms with E-state index in [2.05, 4.69) is 17.0 Å². The van der Waals surface area contributed by atoms with E-state index in [0.717, 1.165) is 11.1 Å². The quantitative estimate of drug-likeness (QED) is 0.908. The molecule has 132 valence electrons. The van der Waals surface area contributed by atoms with Crippen LogP contribution in [0.3, 0.4) is 0 Å². The highest BCUT2D eigenvalue weighted by Crippen LogP contribution is 2.32. The Morgan fingerprint density at radius 1 is 1.16 bits per heavy atom. The summed E-state index contributed by atoms with van der Waals surface area (Å²) >= 11 is 0. The first-order chi connectivity index (χ1) is 12.0. The molecule has 0 radical (unpaired) electrons. The zero-order valence-corrected chi connectivity index (χ0v) is 14.9. The Morgan fingerprint density at radius 2 is 1.80 bits per heavy atom. The van der Waals surface area contributed by atoms with Crippen LogP contribution in [0.4, 0.5) is 0 Å². The van der Waals surface area contributed by atoms with Crippen LogP contribution in [0, 0.1) is 6.92 Å². The first-order valence-corrected chi connectivity index (χ1v) is 8.35. The molecule has 1 amide bonds. The van der Waals surface area contributed by atoms with E-state index in [4.69, 9.17) is 15.2 Å². The highest BCUT2D eigenvalue weighted by Gasteiger charge is 2.30. The van der Waals surface area contributed by atoms with Gasteiger partial charge in [-0.2, -0.15) is 0 Å². The molecule has 1 aliphatic rings. The van der Waals surface area contributed by atoms with E-state index in [0.29, 0.717) is 31.0 Å². The van der Waals surface area contributed by atoms with Gasteiger partial charge in [0.25, 0.3) is 0 Å². The number of methoxy groups -OCH3 is 2. The van der Waals surface area contributed by atoms with E-state index in [1.54, 1.807) is 14.2 Å². The first kappa shape index (κ1) is 17.3. The molecule has 0 bridgehead atoms. The molecule has 1 aliphatic heterocycles. The Bertz CT molecular complexity index is 789. The lowest BCUT2D eigenvalue weighted by Crippen LogP contribution is -2.48. The molecule has 0 unspecified atom stereocenters. The monoisotopic (exact) mass is 340 g/mol. The van der Waals surface area contributed by atoms with Gasteiger partial charge in [-0.05, 0) is 47.7 Å². The Balaban J connectivity index is 1.92. The van der Waals surface area contributed by atoms with Crippen LogP contribution in [0.2, 0.25) is 0 Å². The predicted octanol–water partition coefficient (Wildman–Crippen LogP) is 2.42. The summed E-state index contributed by atoms with van der Waals surface area (Å²) in [6, 6.07) is 11.9. The summed E-state index contributed by atoms with van der Waals surface area (Å²) in [7, 11) is 3.25.